The van der Waals surface area contributed by atoms with Gasteiger partial charge in [-0.05, 0) is 29.8 Å². The lowest BCUT2D eigenvalue weighted by molar-refractivity contribution is 0.0997. The number of fused-ring (bicyclic) bond motifs is 1. The number of rotatable bonds is 5. The third-order valence-corrected chi connectivity index (χ3v) is 3.66. The maximum atomic E-state index is 12.4. The molecule has 0 fully saturated rings. The minimum Gasteiger partial charge on any atom is -0.497 e. The Morgan fingerprint density at radius 3 is 2.72 bits per heavy atom. The zero-order valence-electron chi connectivity index (χ0n) is 13.9. The van der Waals surface area contributed by atoms with Crippen molar-refractivity contribution in [3.05, 3.63) is 70.1 Å². The first-order valence-corrected chi connectivity index (χ1v) is 7.62. The Kier molecular flexibility index (Phi) is 4.81. The number of amides is 1. The van der Waals surface area contributed by atoms with Crippen molar-refractivity contribution in [1.82, 2.24) is 0 Å². The van der Waals surface area contributed by atoms with E-state index in [-0.39, 0.29) is 11.2 Å². The second-order valence-corrected chi connectivity index (χ2v) is 5.42. The second kappa shape index (κ2) is 7.19. The molecule has 0 saturated heterocycles. The molecule has 0 bridgehead atoms. The van der Waals surface area contributed by atoms with Crippen molar-refractivity contribution in [3.63, 3.8) is 0 Å². The molecule has 0 saturated carbocycles. The van der Waals surface area contributed by atoms with Crippen LogP contribution >= 0.6 is 0 Å². The summed E-state index contributed by atoms with van der Waals surface area (Å²) in [5.74, 6) is -0.0280. The number of anilines is 1. The first-order valence-electron chi connectivity index (χ1n) is 7.62. The van der Waals surface area contributed by atoms with Crippen molar-refractivity contribution in [2.45, 2.75) is 6.61 Å². The Morgan fingerprint density at radius 1 is 1.12 bits per heavy atom. The van der Waals surface area contributed by atoms with E-state index < -0.39 is 5.91 Å². The molecule has 2 aromatic carbocycles. The fourth-order valence-electron chi connectivity index (χ4n) is 2.47. The van der Waals surface area contributed by atoms with Gasteiger partial charge in [-0.2, -0.15) is 0 Å². The lowest BCUT2D eigenvalue weighted by atomic mass is 10.2. The Bertz CT molecular complexity index is 977. The number of methoxy groups -OCH3 is 2. The van der Waals surface area contributed by atoms with E-state index in [9.17, 15) is 9.59 Å². The van der Waals surface area contributed by atoms with Gasteiger partial charge in [0.1, 0.15) is 11.3 Å². The van der Waals surface area contributed by atoms with Crippen molar-refractivity contribution in [1.29, 1.82) is 0 Å². The van der Waals surface area contributed by atoms with Gasteiger partial charge in [-0.15, -0.1) is 0 Å². The van der Waals surface area contributed by atoms with E-state index in [2.05, 4.69) is 5.32 Å². The van der Waals surface area contributed by atoms with Crippen LogP contribution in [0.15, 0.2) is 57.7 Å². The molecule has 0 aliphatic heterocycles. The van der Waals surface area contributed by atoms with Crippen LogP contribution in [0.5, 0.6) is 5.75 Å². The lowest BCUT2D eigenvalue weighted by Gasteiger charge is -2.08. The van der Waals surface area contributed by atoms with Gasteiger partial charge in [-0.3, -0.25) is 9.59 Å². The van der Waals surface area contributed by atoms with E-state index in [1.165, 1.54) is 13.2 Å². The molecule has 6 nitrogen and oxygen atoms in total. The third-order valence-electron chi connectivity index (χ3n) is 3.66. The molecule has 0 aliphatic carbocycles. The van der Waals surface area contributed by atoms with E-state index in [1.54, 1.807) is 37.4 Å². The number of carbonyl (C=O) groups is 1. The van der Waals surface area contributed by atoms with Crippen molar-refractivity contribution in [2.24, 2.45) is 0 Å². The van der Waals surface area contributed by atoms with Crippen molar-refractivity contribution in [2.75, 3.05) is 19.5 Å². The standard InChI is InChI=1S/C19H17NO5/c1-23-11-12-4-3-5-13(8-12)20-19(22)18-10-16(21)15-7-6-14(24-2)9-17(15)25-18/h3-10H,11H2,1-2H3,(H,20,22). The summed E-state index contributed by atoms with van der Waals surface area (Å²) in [7, 11) is 3.12. The second-order valence-electron chi connectivity index (χ2n) is 5.42. The maximum absolute atomic E-state index is 12.4. The lowest BCUT2D eigenvalue weighted by Crippen LogP contribution is -2.15. The molecule has 0 unspecified atom stereocenters. The van der Waals surface area contributed by atoms with E-state index in [4.69, 9.17) is 13.9 Å². The van der Waals surface area contributed by atoms with Crippen molar-refractivity contribution >= 4 is 22.6 Å². The Labute approximate surface area is 144 Å². The molecule has 0 aliphatic rings. The van der Waals surface area contributed by atoms with Crippen LogP contribution in [0.2, 0.25) is 0 Å². The normalized spacial score (nSPS) is 10.6. The van der Waals surface area contributed by atoms with Crippen LogP contribution < -0.4 is 15.5 Å². The number of hydrogen-bond acceptors (Lipinski definition) is 5. The monoisotopic (exact) mass is 339 g/mol. The molecule has 3 rings (SSSR count). The van der Waals surface area contributed by atoms with Crippen LogP contribution in [0, 0.1) is 0 Å². The van der Waals surface area contributed by atoms with Gasteiger partial charge < -0.3 is 19.2 Å². The number of carbonyl (C=O) groups excluding carboxylic acids is 1. The first kappa shape index (κ1) is 16.7. The molecule has 0 radical (unpaired) electrons. The van der Waals surface area contributed by atoms with Crippen LogP contribution in [0.3, 0.4) is 0 Å². The summed E-state index contributed by atoms with van der Waals surface area (Å²) in [6.45, 7) is 0.439. The molecule has 128 valence electrons. The van der Waals surface area contributed by atoms with Crippen molar-refractivity contribution < 1.29 is 18.7 Å². The molecule has 0 spiro atoms. The highest BCUT2D eigenvalue weighted by molar-refractivity contribution is 6.03. The summed E-state index contributed by atoms with van der Waals surface area (Å²) in [5, 5.41) is 3.11. The number of nitrogens with one attached hydrogen (secondary N) is 1. The van der Waals surface area contributed by atoms with E-state index in [0.717, 1.165) is 5.56 Å². The molecule has 1 N–H and O–H groups in total. The zero-order valence-corrected chi connectivity index (χ0v) is 13.9. The predicted molar refractivity (Wildman–Crippen MR) is 94.1 cm³/mol. The van der Waals surface area contributed by atoms with Gasteiger partial charge >= 0.3 is 0 Å². The Morgan fingerprint density at radius 2 is 1.96 bits per heavy atom. The quantitative estimate of drug-likeness (QED) is 0.772. The molecule has 0 atom stereocenters. The summed E-state index contributed by atoms with van der Waals surface area (Å²) in [6.07, 6.45) is 0. The van der Waals surface area contributed by atoms with Gasteiger partial charge in [-0.25, -0.2) is 0 Å². The van der Waals surface area contributed by atoms with Crippen LogP contribution in [0.4, 0.5) is 5.69 Å². The van der Waals surface area contributed by atoms with Gasteiger partial charge in [0.2, 0.25) is 0 Å². The van der Waals surface area contributed by atoms with Gasteiger partial charge in [0.15, 0.2) is 11.2 Å². The molecule has 1 heterocycles. The van der Waals surface area contributed by atoms with E-state index in [1.807, 2.05) is 12.1 Å². The van der Waals surface area contributed by atoms with E-state index in [0.29, 0.717) is 29.0 Å². The largest absolute Gasteiger partial charge is 0.497 e. The highest BCUT2D eigenvalue weighted by atomic mass is 16.5. The summed E-state index contributed by atoms with van der Waals surface area (Å²) in [6, 6.07) is 13.3. The van der Waals surface area contributed by atoms with Crippen LogP contribution in [-0.4, -0.2) is 20.1 Å². The average Bonchev–Trinajstić information content (AvgIpc) is 2.61. The van der Waals surface area contributed by atoms with Gasteiger partial charge in [0, 0.05) is 24.9 Å². The fourth-order valence-corrected chi connectivity index (χ4v) is 2.47. The fraction of sp³-hybridized carbons (Fsp3) is 0.158. The minimum absolute atomic E-state index is 0.0668. The summed E-state index contributed by atoms with van der Waals surface area (Å²) in [4.78, 5) is 24.6. The third kappa shape index (κ3) is 3.70. The summed E-state index contributed by atoms with van der Waals surface area (Å²) in [5.41, 5.74) is 1.52. The van der Waals surface area contributed by atoms with Gasteiger partial charge in [0.25, 0.3) is 5.91 Å². The maximum Gasteiger partial charge on any atom is 0.291 e. The SMILES string of the molecule is COCc1cccc(NC(=O)c2cc(=O)c3ccc(OC)cc3o2)c1. The Balaban J connectivity index is 1.91. The highest BCUT2D eigenvalue weighted by Gasteiger charge is 2.13. The summed E-state index contributed by atoms with van der Waals surface area (Å²) >= 11 is 0. The van der Waals surface area contributed by atoms with Crippen LogP contribution in [0.1, 0.15) is 16.1 Å². The Hall–Kier alpha value is -3.12. The molecular formula is C19H17NO5. The molecule has 25 heavy (non-hydrogen) atoms. The van der Waals surface area contributed by atoms with Gasteiger partial charge in [0.05, 0.1) is 19.1 Å². The minimum atomic E-state index is -0.503. The molecule has 6 heteroatoms. The molecule has 1 amide bonds. The molecule has 3 aromatic rings. The van der Waals surface area contributed by atoms with Crippen molar-refractivity contribution in [3.8, 4) is 5.75 Å². The smallest absolute Gasteiger partial charge is 0.291 e. The van der Waals surface area contributed by atoms with E-state index >= 15 is 0 Å². The topological polar surface area (TPSA) is 77.8 Å². The van der Waals surface area contributed by atoms with Crippen LogP contribution in [0.25, 0.3) is 11.0 Å². The number of ether oxygens (including phenoxy) is 2. The number of hydrogen-bond donors (Lipinski definition) is 1. The highest BCUT2D eigenvalue weighted by Crippen LogP contribution is 2.20. The predicted octanol–water partition coefficient (Wildman–Crippen LogP) is 3.20. The van der Waals surface area contributed by atoms with Crippen LogP contribution in [-0.2, 0) is 11.3 Å². The molecule has 1 aromatic heterocycles. The van der Waals surface area contributed by atoms with Gasteiger partial charge in [-0.1, -0.05) is 12.1 Å². The zero-order chi connectivity index (χ0) is 17.8. The first-order chi connectivity index (χ1) is 12.1. The summed E-state index contributed by atoms with van der Waals surface area (Å²) < 4.78 is 15.8. The average molecular weight is 339 g/mol. The molecular weight excluding hydrogens is 322 g/mol. The number of benzene rings is 2.